The third-order valence-electron chi connectivity index (χ3n) is 3.94. The summed E-state index contributed by atoms with van der Waals surface area (Å²) in [6, 6.07) is 10.6. The molecular weight excluding hydrogens is 316 g/mol. The number of non-ortho nitro benzene ring substituents is 1. The molecule has 0 amide bonds. The highest BCUT2D eigenvalue weighted by atomic mass is 32.2. The van der Waals surface area contributed by atoms with E-state index in [9.17, 15) is 18.5 Å². The van der Waals surface area contributed by atoms with Gasteiger partial charge in [-0.1, -0.05) is 12.1 Å². The van der Waals surface area contributed by atoms with E-state index in [4.69, 9.17) is 0 Å². The molecule has 1 aliphatic rings. The molecule has 1 aliphatic carbocycles. The van der Waals surface area contributed by atoms with Gasteiger partial charge in [-0.25, -0.2) is 8.42 Å². The lowest BCUT2D eigenvalue weighted by Gasteiger charge is -2.17. The number of hydrogen-bond acceptors (Lipinski definition) is 4. The van der Waals surface area contributed by atoms with Crippen molar-refractivity contribution in [3.05, 3.63) is 63.7 Å². The number of fused-ring (bicyclic) bond motifs is 1. The fraction of sp³-hybridized carbons (Fsp3) is 0.250. The predicted octanol–water partition coefficient (Wildman–Crippen LogP) is 3.27. The molecular formula is C16H16N2O4S. The van der Waals surface area contributed by atoms with E-state index < -0.39 is 14.9 Å². The molecule has 0 atom stereocenters. The Labute approximate surface area is 134 Å². The van der Waals surface area contributed by atoms with Crippen LogP contribution in [0.15, 0.2) is 47.4 Å². The summed E-state index contributed by atoms with van der Waals surface area (Å²) in [7, 11) is -3.76. The van der Waals surface area contributed by atoms with E-state index >= 15 is 0 Å². The Hall–Kier alpha value is -2.41. The first-order valence-electron chi connectivity index (χ1n) is 7.35. The minimum atomic E-state index is -3.76. The number of nitro groups is 1. The van der Waals surface area contributed by atoms with Crippen LogP contribution in [-0.2, 0) is 22.9 Å². The van der Waals surface area contributed by atoms with E-state index in [1.165, 1.54) is 29.8 Å². The van der Waals surface area contributed by atoms with Gasteiger partial charge in [0, 0.05) is 12.1 Å². The molecule has 1 N–H and O–H groups in total. The minimum Gasteiger partial charge on any atom is -0.279 e. The zero-order valence-corrected chi connectivity index (χ0v) is 13.2. The Kier molecular flexibility index (Phi) is 4.04. The molecule has 2 aromatic rings. The summed E-state index contributed by atoms with van der Waals surface area (Å²) < 4.78 is 27.4. The fourth-order valence-corrected chi connectivity index (χ4v) is 3.87. The van der Waals surface area contributed by atoms with E-state index in [0.29, 0.717) is 0 Å². The van der Waals surface area contributed by atoms with E-state index in [1.54, 1.807) is 12.1 Å². The number of sulfonamides is 1. The summed E-state index contributed by atoms with van der Waals surface area (Å²) in [5, 5.41) is 10.8. The van der Waals surface area contributed by atoms with E-state index in [0.717, 1.165) is 31.2 Å². The van der Waals surface area contributed by atoms with Crippen LogP contribution < -0.4 is 4.72 Å². The average Bonchev–Trinajstić information content (AvgIpc) is 2.54. The molecule has 0 unspecified atom stereocenters. The van der Waals surface area contributed by atoms with Gasteiger partial charge < -0.3 is 0 Å². The summed E-state index contributed by atoms with van der Waals surface area (Å²) in [4.78, 5) is 10.4. The molecule has 0 saturated heterocycles. The van der Waals surface area contributed by atoms with Crippen LogP contribution in [-0.4, -0.2) is 13.3 Å². The smallest absolute Gasteiger partial charge is 0.271 e. The molecule has 0 bridgehead atoms. The largest absolute Gasteiger partial charge is 0.279 e. The Morgan fingerprint density at radius 3 is 2.48 bits per heavy atom. The number of hydrogen-bond donors (Lipinski definition) is 1. The number of nitrogens with zero attached hydrogens (tertiary/aromatic N) is 1. The molecule has 0 saturated carbocycles. The molecule has 7 heteroatoms. The molecule has 0 heterocycles. The highest BCUT2D eigenvalue weighted by Crippen LogP contribution is 2.26. The van der Waals surface area contributed by atoms with Crippen LogP contribution in [0.2, 0.25) is 0 Å². The van der Waals surface area contributed by atoms with Crippen LogP contribution >= 0.6 is 0 Å². The lowest BCUT2D eigenvalue weighted by molar-refractivity contribution is -0.384. The number of anilines is 1. The van der Waals surface area contributed by atoms with Crippen LogP contribution in [0.4, 0.5) is 11.4 Å². The zero-order valence-electron chi connectivity index (χ0n) is 12.4. The van der Waals surface area contributed by atoms with Gasteiger partial charge >= 0.3 is 0 Å². The number of benzene rings is 2. The van der Waals surface area contributed by atoms with Gasteiger partial charge in [0.1, 0.15) is 0 Å². The summed E-state index contributed by atoms with van der Waals surface area (Å²) >= 11 is 0. The van der Waals surface area contributed by atoms with Crippen molar-refractivity contribution < 1.29 is 13.3 Å². The Bertz CT molecular complexity index is 862. The van der Waals surface area contributed by atoms with E-state index in [-0.39, 0.29) is 16.3 Å². The van der Waals surface area contributed by atoms with Crippen molar-refractivity contribution in [2.24, 2.45) is 0 Å². The van der Waals surface area contributed by atoms with Crippen LogP contribution in [0.25, 0.3) is 0 Å². The van der Waals surface area contributed by atoms with Crippen LogP contribution in [0, 0.1) is 10.1 Å². The topological polar surface area (TPSA) is 89.3 Å². The minimum absolute atomic E-state index is 0.157. The first-order valence-corrected chi connectivity index (χ1v) is 8.83. The fourth-order valence-electron chi connectivity index (χ4n) is 2.77. The SMILES string of the molecule is O=[N+]([O-])c1cccc(NS(=O)(=O)c2ccc3c(c2)CCCC3)c1. The van der Waals surface area contributed by atoms with Gasteiger partial charge in [0.15, 0.2) is 0 Å². The first-order chi connectivity index (χ1) is 11.0. The summed E-state index contributed by atoms with van der Waals surface area (Å²) in [6.45, 7) is 0. The van der Waals surface area contributed by atoms with Gasteiger partial charge in [-0.05, 0) is 55.0 Å². The second-order valence-corrected chi connectivity index (χ2v) is 7.23. The first kappa shape index (κ1) is 15.5. The highest BCUT2D eigenvalue weighted by molar-refractivity contribution is 7.92. The van der Waals surface area contributed by atoms with Gasteiger partial charge in [-0.2, -0.15) is 0 Å². The third kappa shape index (κ3) is 3.34. The number of nitro benzene ring substituents is 1. The third-order valence-corrected chi connectivity index (χ3v) is 5.32. The molecule has 23 heavy (non-hydrogen) atoms. The summed E-state index contributed by atoms with van der Waals surface area (Å²) in [5.41, 5.74) is 2.29. The molecule has 0 fully saturated rings. The maximum Gasteiger partial charge on any atom is 0.271 e. The number of rotatable bonds is 4. The maximum atomic E-state index is 12.5. The van der Waals surface area contributed by atoms with Crippen molar-refractivity contribution in [3.63, 3.8) is 0 Å². The predicted molar refractivity (Wildman–Crippen MR) is 87.0 cm³/mol. The van der Waals surface area contributed by atoms with Gasteiger partial charge in [0.05, 0.1) is 15.5 Å². The van der Waals surface area contributed by atoms with E-state index in [2.05, 4.69) is 4.72 Å². The van der Waals surface area contributed by atoms with Crippen molar-refractivity contribution in [1.29, 1.82) is 0 Å². The molecule has 6 nitrogen and oxygen atoms in total. The second kappa shape index (κ2) is 6.00. The van der Waals surface area contributed by atoms with Crippen molar-refractivity contribution in [2.75, 3.05) is 4.72 Å². The lowest BCUT2D eigenvalue weighted by atomic mass is 9.92. The Morgan fingerprint density at radius 2 is 1.74 bits per heavy atom. The maximum absolute atomic E-state index is 12.5. The quantitative estimate of drug-likeness (QED) is 0.687. The molecule has 0 aromatic heterocycles. The zero-order chi connectivity index (χ0) is 16.4. The van der Waals surface area contributed by atoms with Crippen molar-refractivity contribution in [3.8, 4) is 0 Å². The summed E-state index contributed by atoms with van der Waals surface area (Å²) in [6.07, 6.45) is 4.06. The molecule has 2 aromatic carbocycles. The van der Waals surface area contributed by atoms with Crippen LogP contribution in [0.5, 0.6) is 0 Å². The Balaban J connectivity index is 1.90. The highest BCUT2D eigenvalue weighted by Gasteiger charge is 2.18. The molecule has 120 valence electrons. The normalized spacial score (nSPS) is 14.1. The van der Waals surface area contributed by atoms with Crippen molar-refractivity contribution in [2.45, 2.75) is 30.6 Å². The molecule has 0 spiro atoms. The Morgan fingerprint density at radius 1 is 1.00 bits per heavy atom. The van der Waals surface area contributed by atoms with Crippen molar-refractivity contribution >= 4 is 21.4 Å². The van der Waals surface area contributed by atoms with Gasteiger partial charge in [-0.3, -0.25) is 14.8 Å². The van der Waals surface area contributed by atoms with Gasteiger partial charge in [0.25, 0.3) is 15.7 Å². The number of nitrogens with one attached hydrogen (secondary N) is 1. The lowest BCUT2D eigenvalue weighted by Crippen LogP contribution is -2.14. The second-order valence-electron chi connectivity index (χ2n) is 5.55. The molecule has 0 radical (unpaired) electrons. The summed E-state index contributed by atoms with van der Waals surface area (Å²) in [5.74, 6) is 0. The van der Waals surface area contributed by atoms with Crippen LogP contribution in [0.1, 0.15) is 24.0 Å². The van der Waals surface area contributed by atoms with Gasteiger partial charge in [0.2, 0.25) is 0 Å². The van der Waals surface area contributed by atoms with Crippen molar-refractivity contribution in [1.82, 2.24) is 0 Å². The number of aryl methyl sites for hydroxylation is 2. The average molecular weight is 332 g/mol. The van der Waals surface area contributed by atoms with Crippen LogP contribution in [0.3, 0.4) is 0 Å². The molecule has 0 aliphatic heterocycles. The molecule has 3 rings (SSSR count). The monoisotopic (exact) mass is 332 g/mol. The standard InChI is InChI=1S/C16H16N2O4S/c19-18(20)15-7-3-6-14(11-15)17-23(21,22)16-9-8-12-4-1-2-5-13(12)10-16/h3,6-11,17H,1-2,4-5H2. The van der Waals surface area contributed by atoms with E-state index in [1.807, 2.05) is 6.07 Å². The van der Waals surface area contributed by atoms with Gasteiger partial charge in [-0.15, -0.1) is 0 Å².